The molecule has 0 saturated carbocycles. The Morgan fingerprint density at radius 3 is 2.89 bits per heavy atom. The molecule has 0 bridgehead atoms. The van der Waals surface area contributed by atoms with Crippen molar-refractivity contribution in [3.8, 4) is 17.2 Å². The number of carbonyl (C=O) groups excluding carboxylic acids is 1. The Morgan fingerprint density at radius 1 is 1.22 bits per heavy atom. The summed E-state index contributed by atoms with van der Waals surface area (Å²) >= 11 is 11.5. The highest BCUT2D eigenvalue weighted by Gasteiger charge is 2.18. The second kappa shape index (κ2) is 7.46. The summed E-state index contributed by atoms with van der Waals surface area (Å²) in [4.78, 5) is 15.6. The molecule has 4 rings (SSSR count). The molecule has 27 heavy (non-hydrogen) atoms. The highest BCUT2D eigenvalue weighted by Crippen LogP contribution is 2.38. The summed E-state index contributed by atoms with van der Waals surface area (Å²) in [5, 5.41) is 3.23. The Labute approximate surface area is 165 Å². The lowest BCUT2D eigenvalue weighted by Gasteiger charge is -2.12. The number of nitrogens with zero attached hydrogens (tertiary/aromatic N) is 1. The van der Waals surface area contributed by atoms with E-state index in [1.54, 1.807) is 18.3 Å². The van der Waals surface area contributed by atoms with Crippen molar-refractivity contribution in [3.63, 3.8) is 0 Å². The Balaban J connectivity index is 1.60. The second-order valence-electron chi connectivity index (χ2n) is 5.98. The number of fused-ring (bicyclic) bond motifs is 1. The van der Waals surface area contributed by atoms with Crippen LogP contribution in [0.15, 0.2) is 48.8 Å². The third-order valence-corrected chi connectivity index (χ3v) is 4.69. The molecular weight excluding hydrogens is 386 g/mol. The second-order valence-corrected chi connectivity index (χ2v) is 6.77. The van der Waals surface area contributed by atoms with Gasteiger partial charge in [0.15, 0.2) is 16.3 Å². The van der Waals surface area contributed by atoms with E-state index in [-0.39, 0.29) is 5.91 Å². The number of carbonyl (C=O) groups is 1. The molecule has 138 valence electrons. The van der Waals surface area contributed by atoms with Crippen LogP contribution in [-0.4, -0.2) is 28.7 Å². The first-order chi connectivity index (χ1) is 13.1. The largest absolute Gasteiger partial charge is 0.489 e. The van der Waals surface area contributed by atoms with Crippen molar-refractivity contribution < 1.29 is 14.3 Å². The molecule has 0 spiro atoms. The Hall–Kier alpha value is -2.77. The summed E-state index contributed by atoms with van der Waals surface area (Å²) < 4.78 is 13.6. The molecule has 0 unspecified atom stereocenters. The summed E-state index contributed by atoms with van der Waals surface area (Å²) in [6.07, 6.45) is 4.35. The molecule has 0 radical (unpaired) electrons. The van der Waals surface area contributed by atoms with Crippen LogP contribution in [0, 0.1) is 4.77 Å². The lowest BCUT2D eigenvalue weighted by atomic mass is 10.1. The van der Waals surface area contributed by atoms with Crippen molar-refractivity contribution in [1.29, 1.82) is 0 Å². The molecule has 0 atom stereocenters. The minimum Gasteiger partial charge on any atom is -0.489 e. The van der Waals surface area contributed by atoms with Crippen LogP contribution < -0.4 is 14.8 Å². The van der Waals surface area contributed by atoms with Gasteiger partial charge in [0.05, 0.1) is 18.2 Å². The van der Waals surface area contributed by atoms with Gasteiger partial charge in [-0.2, -0.15) is 0 Å². The average molecular weight is 402 g/mol. The van der Waals surface area contributed by atoms with Gasteiger partial charge in [-0.15, -0.1) is 0 Å². The predicted molar refractivity (Wildman–Crippen MR) is 106 cm³/mol. The van der Waals surface area contributed by atoms with Gasteiger partial charge in [-0.05, 0) is 42.5 Å². The van der Waals surface area contributed by atoms with Crippen molar-refractivity contribution in [2.75, 3.05) is 18.5 Å². The molecule has 0 aliphatic carbocycles. The maximum Gasteiger partial charge on any atom is 0.255 e. The maximum atomic E-state index is 12.7. The molecule has 6 nitrogen and oxygen atoms in total. The normalized spacial score (nSPS) is 13.1. The fourth-order valence-corrected chi connectivity index (χ4v) is 3.32. The van der Waals surface area contributed by atoms with Crippen LogP contribution in [0.4, 0.5) is 5.69 Å². The topological polar surface area (TPSA) is 68.3 Å². The van der Waals surface area contributed by atoms with Gasteiger partial charge in [-0.1, -0.05) is 17.7 Å². The van der Waals surface area contributed by atoms with Crippen molar-refractivity contribution in [3.05, 3.63) is 64.1 Å². The smallest absolute Gasteiger partial charge is 0.255 e. The number of aromatic nitrogens is 2. The Morgan fingerprint density at radius 2 is 2.07 bits per heavy atom. The van der Waals surface area contributed by atoms with Crippen molar-refractivity contribution >= 4 is 35.4 Å². The van der Waals surface area contributed by atoms with Gasteiger partial charge in [0, 0.05) is 35.8 Å². The molecule has 2 aromatic carbocycles. The van der Waals surface area contributed by atoms with Crippen LogP contribution in [0.1, 0.15) is 16.8 Å². The highest BCUT2D eigenvalue weighted by molar-refractivity contribution is 7.71. The summed E-state index contributed by atoms with van der Waals surface area (Å²) in [6, 6.07) is 10.6. The molecule has 1 amide bonds. The van der Waals surface area contributed by atoms with Crippen LogP contribution in [0.2, 0.25) is 5.02 Å². The van der Waals surface area contributed by atoms with Gasteiger partial charge in [0.25, 0.3) is 5.91 Å². The third kappa shape index (κ3) is 3.70. The minimum absolute atomic E-state index is 0.289. The van der Waals surface area contributed by atoms with E-state index in [4.69, 9.17) is 33.3 Å². The number of aromatic amines is 1. The van der Waals surface area contributed by atoms with E-state index in [2.05, 4.69) is 10.3 Å². The van der Waals surface area contributed by atoms with E-state index in [0.29, 0.717) is 45.8 Å². The van der Waals surface area contributed by atoms with Crippen LogP contribution in [0.25, 0.3) is 5.69 Å². The van der Waals surface area contributed by atoms with Crippen LogP contribution in [0.5, 0.6) is 11.5 Å². The molecular formula is C19H16ClN3O3S. The standard InChI is InChI=1S/C19H16ClN3O3S/c20-15-9-12(10-16-17(15)26-8-2-7-25-16)18(24)22-13-3-1-4-14(11-13)23-6-5-21-19(23)27/h1,3-6,9-11H,2,7-8H2,(H,21,27)(H,22,24). The van der Waals surface area contributed by atoms with E-state index in [0.717, 1.165) is 12.1 Å². The molecule has 1 aliphatic heterocycles. The molecule has 1 aromatic heterocycles. The molecule has 0 fully saturated rings. The van der Waals surface area contributed by atoms with E-state index < -0.39 is 0 Å². The monoisotopic (exact) mass is 401 g/mol. The number of ether oxygens (including phenoxy) is 2. The van der Waals surface area contributed by atoms with Crippen LogP contribution in [0.3, 0.4) is 0 Å². The number of benzene rings is 2. The zero-order valence-electron chi connectivity index (χ0n) is 14.2. The van der Waals surface area contributed by atoms with E-state index in [1.807, 2.05) is 35.0 Å². The van der Waals surface area contributed by atoms with Crippen LogP contribution >= 0.6 is 23.8 Å². The quantitative estimate of drug-likeness (QED) is 0.629. The SMILES string of the molecule is O=C(Nc1cccc(-n2cc[nH]c2=S)c1)c1cc(Cl)c2c(c1)OCCCO2. The lowest BCUT2D eigenvalue weighted by molar-refractivity contribution is 0.102. The van der Waals surface area contributed by atoms with Gasteiger partial charge < -0.3 is 19.8 Å². The number of amides is 1. The number of H-pyrrole nitrogens is 1. The third-order valence-electron chi connectivity index (χ3n) is 4.10. The maximum absolute atomic E-state index is 12.7. The highest BCUT2D eigenvalue weighted by atomic mass is 35.5. The van der Waals surface area contributed by atoms with Gasteiger partial charge in [-0.3, -0.25) is 9.36 Å². The van der Waals surface area contributed by atoms with E-state index in [9.17, 15) is 4.79 Å². The zero-order valence-corrected chi connectivity index (χ0v) is 15.8. The summed E-state index contributed by atoms with van der Waals surface area (Å²) in [5.41, 5.74) is 1.88. The van der Waals surface area contributed by atoms with Gasteiger partial charge in [0.2, 0.25) is 0 Å². The number of rotatable bonds is 3. The van der Waals surface area contributed by atoms with E-state index >= 15 is 0 Å². The zero-order chi connectivity index (χ0) is 18.8. The molecule has 3 aromatic rings. The van der Waals surface area contributed by atoms with E-state index in [1.165, 1.54) is 0 Å². The first-order valence-corrected chi connectivity index (χ1v) is 9.17. The van der Waals surface area contributed by atoms with Gasteiger partial charge in [0.1, 0.15) is 0 Å². The summed E-state index contributed by atoms with van der Waals surface area (Å²) in [5.74, 6) is 0.675. The Bertz CT molecular complexity index is 1060. The number of hydrogen-bond acceptors (Lipinski definition) is 4. The fraction of sp³-hybridized carbons (Fsp3) is 0.158. The predicted octanol–water partition coefficient (Wildman–Crippen LogP) is 4.60. The molecule has 1 aliphatic rings. The fourth-order valence-electron chi connectivity index (χ4n) is 2.82. The van der Waals surface area contributed by atoms with Gasteiger partial charge in [-0.25, -0.2) is 0 Å². The summed E-state index contributed by atoms with van der Waals surface area (Å²) in [6.45, 7) is 1.06. The average Bonchev–Trinajstić information content (AvgIpc) is 2.94. The van der Waals surface area contributed by atoms with Crippen molar-refractivity contribution in [1.82, 2.24) is 9.55 Å². The molecule has 0 saturated heterocycles. The number of nitrogens with one attached hydrogen (secondary N) is 2. The number of anilines is 1. The first-order valence-electron chi connectivity index (χ1n) is 8.39. The minimum atomic E-state index is -0.289. The van der Waals surface area contributed by atoms with Gasteiger partial charge >= 0.3 is 0 Å². The molecule has 2 heterocycles. The van der Waals surface area contributed by atoms with Crippen LogP contribution in [-0.2, 0) is 0 Å². The molecule has 8 heteroatoms. The Kier molecular flexibility index (Phi) is 4.87. The van der Waals surface area contributed by atoms with Crippen molar-refractivity contribution in [2.24, 2.45) is 0 Å². The summed E-state index contributed by atoms with van der Waals surface area (Å²) in [7, 11) is 0. The van der Waals surface area contributed by atoms with Crippen molar-refractivity contribution in [2.45, 2.75) is 6.42 Å². The number of imidazole rings is 1. The first kappa shape index (κ1) is 17.6. The number of halogens is 1. The number of hydrogen-bond donors (Lipinski definition) is 2. The molecule has 2 N–H and O–H groups in total. The lowest BCUT2D eigenvalue weighted by Crippen LogP contribution is -2.12.